The summed E-state index contributed by atoms with van der Waals surface area (Å²) < 4.78 is 1.93. The second-order valence-corrected chi connectivity index (χ2v) is 6.73. The molecule has 5 rings (SSSR count). The summed E-state index contributed by atoms with van der Waals surface area (Å²) >= 11 is 0. The lowest BCUT2D eigenvalue weighted by Gasteiger charge is -2.11. The molecule has 5 nitrogen and oxygen atoms in total. The molecule has 0 saturated carbocycles. The molecule has 0 saturated heterocycles. The molecular weight excluding hydrogens is 336 g/mol. The van der Waals surface area contributed by atoms with Crippen LogP contribution in [-0.4, -0.2) is 24.9 Å². The highest BCUT2D eigenvalue weighted by molar-refractivity contribution is 5.94. The van der Waals surface area contributed by atoms with E-state index in [4.69, 9.17) is 10.1 Å². The van der Waals surface area contributed by atoms with Crippen LogP contribution in [0.5, 0.6) is 5.75 Å². The van der Waals surface area contributed by atoms with E-state index in [0.717, 1.165) is 50.3 Å². The maximum atomic E-state index is 10.0. The van der Waals surface area contributed by atoms with Crippen LogP contribution >= 0.6 is 0 Å². The van der Waals surface area contributed by atoms with Crippen molar-refractivity contribution in [2.75, 3.05) is 0 Å². The predicted molar refractivity (Wildman–Crippen MR) is 107 cm³/mol. The molecule has 27 heavy (non-hydrogen) atoms. The largest absolute Gasteiger partial charge is 0.508 e. The minimum atomic E-state index is 0.296. The molecule has 2 N–H and O–H groups in total. The summed E-state index contributed by atoms with van der Waals surface area (Å²) in [5.41, 5.74) is 6.53. The number of aromatic hydroxyl groups is 1. The van der Waals surface area contributed by atoms with Crippen molar-refractivity contribution in [3.8, 4) is 23.0 Å². The molecule has 0 amide bonds. The first-order chi connectivity index (χ1) is 13.1. The fraction of sp³-hybridized carbons (Fsp3) is 0.0909. The smallest absolute Gasteiger partial charge is 0.159 e. The van der Waals surface area contributed by atoms with E-state index in [-0.39, 0.29) is 0 Å². The van der Waals surface area contributed by atoms with E-state index in [2.05, 4.69) is 17.1 Å². The van der Waals surface area contributed by atoms with Crippen LogP contribution in [0, 0.1) is 13.8 Å². The molecule has 2 aromatic heterocycles. The van der Waals surface area contributed by atoms with Gasteiger partial charge in [0.05, 0.1) is 22.2 Å². The topological polar surface area (TPSA) is 66.7 Å². The summed E-state index contributed by atoms with van der Waals surface area (Å²) in [5, 5.41) is 15.9. The van der Waals surface area contributed by atoms with E-state index < -0.39 is 0 Å². The van der Waals surface area contributed by atoms with Crippen LogP contribution in [-0.2, 0) is 0 Å². The number of hydrogen-bond donors (Lipinski definition) is 2. The number of phenols is 1. The minimum Gasteiger partial charge on any atom is -0.508 e. The number of rotatable bonds is 2. The maximum absolute atomic E-state index is 10.0. The van der Waals surface area contributed by atoms with Crippen molar-refractivity contribution >= 4 is 21.9 Å². The van der Waals surface area contributed by atoms with E-state index in [1.807, 2.05) is 61.0 Å². The lowest BCUT2D eigenvalue weighted by molar-refractivity contribution is 0.470. The van der Waals surface area contributed by atoms with Gasteiger partial charge in [-0.15, -0.1) is 0 Å². The summed E-state index contributed by atoms with van der Waals surface area (Å²) in [6.07, 6.45) is 0. The first-order valence-electron chi connectivity index (χ1n) is 8.86. The number of aromatic amines is 1. The van der Waals surface area contributed by atoms with Crippen LogP contribution in [0.3, 0.4) is 0 Å². The molecular formula is C22H18N4O. The molecule has 0 aliphatic carbocycles. The number of para-hydroxylation sites is 3. The fourth-order valence-corrected chi connectivity index (χ4v) is 3.51. The Balaban J connectivity index is 1.80. The number of nitrogens with zero attached hydrogens (tertiary/aromatic N) is 3. The van der Waals surface area contributed by atoms with Crippen LogP contribution in [0.25, 0.3) is 39.1 Å². The second kappa shape index (κ2) is 5.71. The normalized spacial score (nSPS) is 11.5. The van der Waals surface area contributed by atoms with E-state index >= 15 is 0 Å². The molecule has 0 bridgehead atoms. The Morgan fingerprint density at radius 1 is 0.889 bits per heavy atom. The predicted octanol–water partition coefficient (Wildman–Crippen LogP) is 4.89. The zero-order chi connectivity index (χ0) is 18.5. The third kappa shape index (κ3) is 2.32. The highest BCUT2D eigenvalue weighted by Crippen LogP contribution is 2.32. The highest BCUT2D eigenvalue weighted by Gasteiger charge is 2.18. The minimum absolute atomic E-state index is 0.296. The number of benzene rings is 3. The summed E-state index contributed by atoms with van der Waals surface area (Å²) in [6.45, 7) is 3.92. The zero-order valence-electron chi connectivity index (χ0n) is 15.1. The van der Waals surface area contributed by atoms with Crippen LogP contribution < -0.4 is 0 Å². The molecule has 132 valence electrons. The van der Waals surface area contributed by atoms with Crippen molar-refractivity contribution in [3.63, 3.8) is 0 Å². The van der Waals surface area contributed by atoms with Gasteiger partial charge in [-0.3, -0.25) is 0 Å². The van der Waals surface area contributed by atoms with Gasteiger partial charge in [-0.25, -0.2) is 9.67 Å². The van der Waals surface area contributed by atoms with Crippen LogP contribution in [0.15, 0.2) is 60.7 Å². The van der Waals surface area contributed by atoms with Crippen LogP contribution in [0.1, 0.15) is 11.1 Å². The van der Waals surface area contributed by atoms with Gasteiger partial charge in [0.1, 0.15) is 11.4 Å². The third-order valence-electron chi connectivity index (χ3n) is 5.16. The van der Waals surface area contributed by atoms with Gasteiger partial charge >= 0.3 is 0 Å². The molecule has 0 aliphatic heterocycles. The summed E-state index contributed by atoms with van der Waals surface area (Å²) in [4.78, 5) is 8.10. The van der Waals surface area contributed by atoms with E-state index in [0.29, 0.717) is 5.75 Å². The average molecular weight is 354 g/mol. The van der Waals surface area contributed by atoms with Crippen molar-refractivity contribution in [2.45, 2.75) is 13.8 Å². The molecule has 5 heteroatoms. The lowest BCUT2D eigenvalue weighted by atomic mass is 10.1. The summed E-state index contributed by atoms with van der Waals surface area (Å²) in [6, 6.07) is 19.7. The summed E-state index contributed by atoms with van der Waals surface area (Å²) in [5.74, 6) is 1.05. The second-order valence-electron chi connectivity index (χ2n) is 6.73. The molecule has 0 fully saturated rings. The Labute approximate surface area is 155 Å². The molecule has 0 spiro atoms. The molecule has 0 radical (unpaired) electrons. The van der Waals surface area contributed by atoms with Crippen molar-refractivity contribution in [1.82, 2.24) is 19.7 Å². The van der Waals surface area contributed by atoms with E-state index in [9.17, 15) is 5.11 Å². The Morgan fingerprint density at radius 2 is 1.67 bits per heavy atom. The van der Waals surface area contributed by atoms with Gasteiger partial charge < -0.3 is 10.1 Å². The first-order valence-corrected chi connectivity index (χ1v) is 8.86. The number of aromatic nitrogens is 4. The summed E-state index contributed by atoms with van der Waals surface area (Å²) in [7, 11) is 0. The van der Waals surface area contributed by atoms with Crippen LogP contribution in [0.4, 0.5) is 0 Å². The zero-order valence-corrected chi connectivity index (χ0v) is 15.1. The molecule has 5 aromatic rings. The number of hydrogen-bond acceptors (Lipinski definition) is 3. The SMILES string of the molecule is Cc1c(O)ccc(-n2nc(-c3nc4ccccc4[nH]3)c3ccccc32)c1C. The van der Waals surface area contributed by atoms with Gasteiger partial charge in [0.25, 0.3) is 0 Å². The Kier molecular flexibility index (Phi) is 3.31. The molecule has 0 unspecified atom stereocenters. The highest BCUT2D eigenvalue weighted by atomic mass is 16.3. The van der Waals surface area contributed by atoms with Gasteiger partial charge in [-0.1, -0.05) is 30.3 Å². The van der Waals surface area contributed by atoms with Crippen molar-refractivity contribution in [1.29, 1.82) is 0 Å². The Bertz CT molecular complexity index is 1280. The average Bonchev–Trinajstić information content (AvgIpc) is 3.28. The van der Waals surface area contributed by atoms with Crippen molar-refractivity contribution < 1.29 is 5.11 Å². The van der Waals surface area contributed by atoms with Gasteiger partial charge in [0, 0.05) is 5.39 Å². The quantitative estimate of drug-likeness (QED) is 0.474. The number of phenolic OH excluding ortho intramolecular Hbond substituents is 1. The van der Waals surface area contributed by atoms with Crippen LogP contribution in [0.2, 0.25) is 0 Å². The standard InChI is InChI=1S/C22H18N4O/c1-13-14(2)20(27)12-11-18(13)26-19-10-6-3-7-15(19)21(25-26)22-23-16-8-4-5-9-17(16)24-22/h3-12,27H,1-2H3,(H,23,24). The third-order valence-corrected chi connectivity index (χ3v) is 5.16. The molecule has 0 atom stereocenters. The molecule has 3 aromatic carbocycles. The Morgan fingerprint density at radius 3 is 2.52 bits per heavy atom. The molecule has 0 aliphatic rings. The number of nitrogens with one attached hydrogen (secondary N) is 1. The van der Waals surface area contributed by atoms with Crippen molar-refractivity contribution in [2.24, 2.45) is 0 Å². The number of H-pyrrole nitrogens is 1. The monoisotopic (exact) mass is 354 g/mol. The van der Waals surface area contributed by atoms with E-state index in [1.54, 1.807) is 6.07 Å². The lowest BCUT2D eigenvalue weighted by Crippen LogP contribution is -2.01. The number of imidazole rings is 1. The maximum Gasteiger partial charge on any atom is 0.159 e. The van der Waals surface area contributed by atoms with Crippen molar-refractivity contribution in [3.05, 3.63) is 71.8 Å². The van der Waals surface area contributed by atoms with Gasteiger partial charge in [-0.05, 0) is 55.3 Å². The van der Waals surface area contributed by atoms with Gasteiger partial charge in [0.15, 0.2) is 5.82 Å². The van der Waals surface area contributed by atoms with Gasteiger partial charge in [-0.2, -0.15) is 5.10 Å². The van der Waals surface area contributed by atoms with E-state index in [1.165, 1.54) is 0 Å². The fourth-order valence-electron chi connectivity index (χ4n) is 3.51. The van der Waals surface area contributed by atoms with Gasteiger partial charge in [0.2, 0.25) is 0 Å². The Hall–Kier alpha value is -3.60. The number of fused-ring (bicyclic) bond motifs is 2. The molecule has 2 heterocycles. The first kappa shape index (κ1) is 15.6.